The van der Waals surface area contributed by atoms with Crippen LogP contribution in [0.5, 0.6) is 5.75 Å². The van der Waals surface area contributed by atoms with Gasteiger partial charge in [0.1, 0.15) is 35.2 Å². The Balaban J connectivity index is 1.87. The molecular formula is C23H28N3O8PS2. The van der Waals surface area contributed by atoms with Gasteiger partial charge < -0.3 is 29.2 Å². The number of carbonyl (C=O) groups is 1. The Hall–Kier alpha value is -2.40. The molecule has 11 nitrogen and oxygen atoms in total. The minimum Gasteiger partial charge on any atom is -0.462 e. The van der Waals surface area contributed by atoms with E-state index in [1.807, 2.05) is 0 Å². The number of aliphatic hydroxyl groups excluding tert-OH is 2. The summed E-state index contributed by atoms with van der Waals surface area (Å²) in [6, 6.07) is 8.52. The van der Waals surface area contributed by atoms with Gasteiger partial charge >= 0.3 is 13.7 Å². The fourth-order valence-corrected chi connectivity index (χ4v) is 5.45. The SMILES string of the molecule is C#C[C@]1(COP(=O)(N[C@@H](C)C(=O)OC(C)C)Oc2ccccc2)O[C@@H](n2ccc(=S)[nH]c2=S)[C@@H](O)[C@H]1O. The van der Waals surface area contributed by atoms with E-state index < -0.39 is 56.5 Å². The summed E-state index contributed by atoms with van der Waals surface area (Å²) >= 11 is 10.3. The van der Waals surface area contributed by atoms with Crippen LogP contribution >= 0.6 is 32.2 Å². The molecule has 6 atom stereocenters. The van der Waals surface area contributed by atoms with Gasteiger partial charge in [0.15, 0.2) is 16.6 Å². The van der Waals surface area contributed by atoms with Crippen molar-refractivity contribution in [1.82, 2.24) is 14.6 Å². The van der Waals surface area contributed by atoms with Crippen LogP contribution < -0.4 is 9.61 Å². The van der Waals surface area contributed by atoms with E-state index in [0.717, 1.165) is 0 Å². The summed E-state index contributed by atoms with van der Waals surface area (Å²) < 4.78 is 37.8. The van der Waals surface area contributed by atoms with Crippen molar-refractivity contribution in [1.29, 1.82) is 0 Å². The van der Waals surface area contributed by atoms with Crippen LogP contribution in [0, 0.1) is 21.8 Å². The van der Waals surface area contributed by atoms with Gasteiger partial charge in [0, 0.05) is 6.20 Å². The number of rotatable bonds is 10. The van der Waals surface area contributed by atoms with Gasteiger partial charge in [-0.25, -0.2) is 4.57 Å². The number of nitrogens with zero attached hydrogens (tertiary/aromatic N) is 1. The highest BCUT2D eigenvalue weighted by atomic mass is 32.1. The summed E-state index contributed by atoms with van der Waals surface area (Å²) in [4.78, 5) is 15.1. The van der Waals surface area contributed by atoms with E-state index in [0.29, 0.717) is 4.64 Å². The van der Waals surface area contributed by atoms with Gasteiger partial charge in [-0.3, -0.25) is 13.9 Å². The van der Waals surface area contributed by atoms with Gasteiger partial charge in [-0.2, -0.15) is 5.09 Å². The van der Waals surface area contributed by atoms with Gasteiger partial charge in [-0.05, 0) is 51.2 Å². The average molecular weight is 570 g/mol. The first-order chi connectivity index (χ1) is 17.4. The molecule has 1 aromatic carbocycles. The fourth-order valence-electron chi connectivity index (χ4n) is 3.43. The topological polar surface area (TPSA) is 144 Å². The van der Waals surface area contributed by atoms with E-state index >= 15 is 0 Å². The molecule has 14 heteroatoms. The van der Waals surface area contributed by atoms with Crippen molar-refractivity contribution in [2.75, 3.05) is 6.61 Å². The third-order valence-electron chi connectivity index (χ3n) is 5.27. The van der Waals surface area contributed by atoms with Gasteiger partial charge in [-0.1, -0.05) is 36.3 Å². The summed E-state index contributed by atoms with van der Waals surface area (Å²) in [5, 5.41) is 24.1. The highest BCUT2D eigenvalue weighted by molar-refractivity contribution is 7.72. The summed E-state index contributed by atoms with van der Waals surface area (Å²) in [7, 11) is -4.32. The predicted molar refractivity (Wildman–Crippen MR) is 139 cm³/mol. The number of aromatic nitrogens is 2. The molecule has 4 N–H and O–H groups in total. The van der Waals surface area contributed by atoms with Crippen molar-refractivity contribution in [3.05, 3.63) is 52.0 Å². The molecule has 0 amide bonds. The lowest BCUT2D eigenvalue weighted by molar-refractivity contribution is -0.149. The van der Waals surface area contributed by atoms with E-state index in [1.165, 1.54) is 35.9 Å². The minimum absolute atomic E-state index is 0.120. The van der Waals surface area contributed by atoms with Crippen LogP contribution in [0.25, 0.3) is 0 Å². The third kappa shape index (κ3) is 6.93. The Morgan fingerprint density at radius 3 is 2.57 bits per heavy atom. The third-order valence-corrected chi connectivity index (χ3v) is 7.44. The summed E-state index contributed by atoms with van der Waals surface area (Å²) in [5.41, 5.74) is -1.95. The molecule has 0 saturated carbocycles. The number of para-hydroxylation sites is 1. The highest BCUT2D eigenvalue weighted by Gasteiger charge is 2.55. The van der Waals surface area contributed by atoms with E-state index in [-0.39, 0.29) is 10.5 Å². The summed E-state index contributed by atoms with van der Waals surface area (Å²) in [6.45, 7) is 4.08. The maximum Gasteiger partial charge on any atom is 0.459 e. The number of benzene rings is 1. The molecule has 0 radical (unpaired) electrons. The molecule has 1 fully saturated rings. The van der Waals surface area contributed by atoms with Crippen molar-refractivity contribution in [3.8, 4) is 18.1 Å². The molecule has 0 aliphatic carbocycles. The number of hydrogen-bond donors (Lipinski definition) is 4. The molecule has 1 unspecified atom stereocenters. The average Bonchev–Trinajstić information content (AvgIpc) is 3.08. The first-order valence-corrected chi connectivity index (χ1v) is 13.6. The number of terminal acetylenes is 1. The molecule has 2 heterocycles. The van der Waals surface area contributed by atoms with Crippen LogP contribution in [0.4, 0.5) is 0 Å². The number of nitrogens with one attached hydrogen (secondary N) is 2. The number of esters is 1. The smallest absolute Gasteiger partial charge is 0.459 e. The van der Waals surface area contributed by atoms with Crippen LogP contribution in [0.1, 0.15) is 27.0 Å². The predicted octanol–water partition coefficient (Wildman–Crippen LogP) is 3.03. The van der Waals surface area contributed by atoms with Gasteiger partial charge in [-0.15, -0.1) is 6.42 Å². The zero-order valence-corrected chi connectivity index (χ0v) is 22.8. The Bertz CT molecular complexity index is 1310. The molecule has 0 bridgehead atoms. The van der Waals surface area contributed by atoms with Gasteiger partial charge in [0.05, 0.1) is 6.10 Å². The van der Waals surface area contributed by atoms with Crippen molar-refractivity contribution in [3.63, 3.8) is 0 Å². The molecule has 2 aromatic rings. The molecule has 3 rings (SSSR count). The number of H-pyrrole nitrogens is 1. The van der Waals surface area contributed by atoms with Crippen LogP contribution in [-0.4, -0.2) is 62.3 Å². The zero-order valence-electron chi connectivity index (χ0n) is 20.3. The zero-order chi connectivity index (χ0) is 27.4. The van der Waals surface area contributed by atoms with Gasteiger partial charge in [0.25, 0.3) is 0 Å². The quantitative estimate of drug-likeness (QED) is 0.145. The first kappa shape index (κ1) is 29.2. The fraction of sp³-hybridized carbons (Fsp3) is 0.435. The monoisotopic (exact) mass is 569 g/mol. The van der Waals surface area contributed by atoms with Gasteiger partial charge in [0.2, 0.25) is 0 Å². The second kappa shape index (κ2) is 12.0. The maximum absolute atomic E-state index is 13.8. The Labute approximate surface area is 224 Å². The van der Waals surface area contributed by atoms with E-state index in [2.05, 4.69) is 16.0 Å². The molecular weight excluding hydrogens is 541 g/mol. The first-order valence-electron chi connectivity index (χ1n) is 11.2. The van der Waals surface area contributed by atoms with Crippen LogP contribution in [0.2, 0.25) is 0 Å². The van der Waals surface area contributed by atoms with Crippen molar-refractivity contribution in [2.24, 2.45) is 0 Å². The standard InChI is InChI=1S/C23H28N3O8PS2/c1-5-23(19(28)18(27)20(33-23)26-12-11-17(36)24-22(26)37)13-31-35(30,34-16-9-7-6-8-10-16)25-15(4)21(29)32-14(2)3/h1,6-12,14-15,18-20,27-28H,13H2,2-4H3,(H,25,30)(H,24,36,37)/t15-,18-,19+,20+,23+,35?/m0/s1. The van der Waals surface area contributed by atoms with Crippen molar-refractivity contribution < 1.29 is 38.1 Å². The Kier molecular flexibility index (Phi) is 9.44. The molecule has 1 saturated heterocycles. The van der Waals surface area contributed by atoms with E-state index in [4.69, 9.17) is 49.4 Å². The molecule has 1 aromatic heterocycles. The van der Waals surface area contributed by atoms with Crippen LogP contribution in [0.15, 0.2) is 42.6 Å². The minimum atomic E-state index is -4.32. The number of ether oxygens (including phenoxy) is 2. The lowest BCUT2D eigenvalue weighted by Gasteiger charge is -2.29. The number of carbonyl (C=O) groups excluding carboxylic acids is 1. The number of hydrogen-bond acceptors (Lipinski definition) is 10. The highest BCUT2D eigenvalue weighted by Crippen LogP contribution is 2.47. The largest absolute Gasteiger partial charge is 0.462 e. The van der Waals surface area contributed by atoms with E-state index in [9.17, 15) is 19.6 Å². The van der Waals surface area contributed by atoms with Crippen LogP contribution in [0.3, 0.4) is 0 Å². The van der Waals surface area contributed by atoms with Crippen LogP contribution in [-0.2, 0) is 23.4 Å². The number of aromatic amines is 1. The summed E-state index contributed by atoms with van der Waals surface area (Å²) in [6.07, 6.45) is 2.36. The van der Waals surface area contributed by atoms with Crippen molar-refractivity contribution >= 4 is 38.2 Å². The maximum atomic E-state index is 13.8. The van der Waals surface area contributed by atoms with E-state index in [1.54, 1.807) is 32.0 Å². The summed E-state index contributed by atoms with van der Waals surface area (Å²) in [5.74, 6) is 1.78. The lowest BCUT2D eigenvalue weighted by Crippen LogP contribution is -2.46. The molecule has 37 heavy (non-hydrogen) atoms. The second-order valence-corrected chi connectivity index (χ2v) is 11.0. The van der Waals surface area contributed by atoms with Crippen molar-refractivity contribution in [2.45, 2.75) is 57.0 Å². The molecule has 1 aliphatic rings. The Morgan fingerprint density at radius 1 is 1.30 bits per heavy atom. The number of aliphatic hydroxyl groups is 2. The normalized spacial score (nSPS) is 25.7. The Morgan fingerprint density at radius 2 is 1.97 bits per heavy atom. The molecule has 200 valence electrons. The molecule has 1 aliphatic heterocycles. The molecule has 0 spiro atoms. The lowest BCUT2D eigenvalue weighted by atomic mass is 9.97. The second-order valence-electron chi connectivity index (χ2n) is 8.51.